The van der Waals surface area contributed by atoms with Crippen LogP contribution in [0.4, 0.5) is 0 Å². The van der Waals surface area contributed by atoms with Gasteiger partial charge in [-0.3, -0.25) is 0 Å². The number of hydrogen-bond acceptors (Lipinski definition) is 5. The second-order valence-electron chi connectivity index (χ2n) is 6.49. The van der Waals surface area contributed by atoms with Crippen LogP contribution in [0.25, 0.3) is 4.96 Å². The average molecular weight is 380 g/mol. The Morgan fingerprint density at radius 1 is 1.32 bits per heavy atom. The van der Waals surface area contributed by atoms with E-state index in [0.29, 0.717) is 15.8 Å². The van der Waals surface area contributed by atoms with Crippen LogP contribution in [0.1, 0.15) is 35.1 Å². The first kappa shape index (κ1) is 16.8. The lowest BCUT2D eigenvalue weighted by Gasteiger charge is -2.33. The highest BCUT2D eigenvalue weighted by Gasteiger charge is 2.36. The highest BCUT2D eigenvalue weighted by Crippen LogP contribution is 2.37. The largest absolute Gasteiger partial charge is 0.492 e. The van der Waals surface area contributed by atoms with Crippen molar-refractivity contribution >= 4 is 27.9 Å². The summed E-state index contributed by atoms with van der Waals surface area (Å²) in [4.78, 5) is 7.16. The van der Waals surface area contributed by atoms with E-state index in [1.807, 2.05) is 31.2 Å². The monoisotopic (exact) mass is 379 g/mol. The van der Waals surface area contributed by atoms with Crippen LogP contribution < -0.4 is 4.90 Å². The Morgan fingerprint density at radius 2 is 2.04 bits per heavy atom. The second kappa shape index (κ2) is 6.57. The number of nitrogens with one attached hydrogen (secondary N) is 1. The molecule has 132 valence electrons. The highest BCUT2D eigenvalue weighted by atomic mass is 35.5. The number of thiazole rings is 1. The minimum Gasteiger partial charge on any atom is -0.492 e. The molecule has 1 saturated heterocycles. The molecule has 0 radical (unpaired) electrons. The van der Waals surface area contributed by atoms with Crippen LogP contribution in [0.15, 0.2) is 24.3 Å². The first-order valence-electron chi connectivity index (χ1n) is 8.36. The standard InChI is InChI=1S/C17H19ClN4O2S/c1-10-19-17-22(20-10)16(24)15(25-17)14(12-4-2-3-5-13(12)18)21-8-6-11(23)7-9-21/h2-5,11,14,23-24H,6-9H2,1H3/p+1/t14-/m1/s1. The van der Waals surface area contributed by atoms with Gasteiger partial charge in [-0.1, -0.05) is 41.1 Å². The van der Waals surface area contributed by atoms with Crippen LogP contribution in [0, 0.1) is 6.92 Å². The van der Waals surface area contributed by atoms with Gasteiger partial charge in [-0.15, -0.1) is 5.10 Å². The zero-order valence-electron chi connectivity index (χ0n) is 13.8. The number of rotatable bonds is 3. The third-order valence-corrected chi connectivity index (χ3v) is 6.22. The van der Waals surface area contributed by atoms with Gasteiger partial charge in [0, 0.05) is 18.4 Å². The SMILES string of the molecule is Cc1nc2sc([C@@H](c3ccccc3Cl)[NH+]3CCC(O)CC3)c(O)n2n1. The lowest BCUT2D eigenvalue weighted by Crippen LogP contribution is -3.13. The maximum absolute atomic E-state index is 10.8. The third-order valence-electron chi connectivity index (χ3n) is 4.79. The fraction of sp³-hybridized carbons (Fsp3) is 0.412. The van der Waals surface area contributed by atoms with Gasteiger partial charge < -0.3 is 15.1 Å². The fourth-order valence-electron chi connectivity index (χ4n) is 3.55. The highest BCUT2D eigenvalue weighted by molar-refractivity contribution is 7.17. The molecule has 0 spiro atoms. The second-order valence-corrected chi connectivity index (χ2v) is 7.90. The summed E-state index contributed by atoms with van der Waals surface area (Å²) in [7, 11) is 0. The van der Waals surface area contributed by atoms with Gasteiger partial charge in [-0.2, -0.15) is 4.52 Å². The zero-order chi connectivity index (χ0) is 17.6. The molecule has 2 aromatic heterocycles. The van der Waals surface area contributed by atoms with E-state index in [-0.39, 0.29) is 18.0 Å². The van der Waals surface area contributed by atoms with Gasteiger partial charge in [0.05, 0.1) is 24.2 Å². The molecule has 8 heteroatoms. The quantitative estimate of drug-likeness (QED) is 0.646. The molecule has 0 saturated carbocycles. The van der Waals surface area contributed by atoms with E-state index < -0.39 is 0 Å². The molecular formula is C17H20ClN4O2S+. The van der Waals surface area contributed by atoms with Crippen LogP contribution in [0.3, 0.4) is 0 Å². The molecule has 1 aliphatic rings. The van der Waals surface area contributed by atoms with Crippen LogP contribution in [0.5, 0.6) is 5.88 Å². The number of piperidine rings is 1. The van der Waals surface area contributed by atoms with Gasteiger partial charge in [0.25, 0.3) is 0 Å². The van der Waals surface area contributed by atoms with Crippen molar-refractivity contribution in [1.29, 1.82) is 0 Å². The summed E-state index contributed by atoms with van der Waals surface area (Å²) in [5.74, 6) is 0.764. The number of nitrogens with zero attached hydrogens (tertiary/aromatic N) is 3. The Hall–Kier alpha value is -1.67. The Balaban J connectivity index is 1.83. The molecule has 3 N–H and O–H groups in total. The molecule has 6 nitrogen and oxygen atoms in total. The number of benzene rings is 1. The van der Waals surface area contributed by atoms with Crippen molar-refractivity contribution in [1.82, 2.24) is 14.6 Å². The number of quaternary nitrogens is 1. The molecule has 1 atom stereocenters. The Bertz CT molecular complexity index is 901. The Morgan fingerprint density at radius 3 is 2.72 bits per heavy atom. The Labute approximate surface area is 154 Å². The van der Waals surface area contributed by atoms with Gasteiger partial charge in [0.2, 0.25) is 10.8 Å². The number of aliphatic hydroxyl groups excluding tert-OH is 1. The predicted molar refractivity (Wildman–Crippen MR) is 96.5 cm³/mol. The van der Waals surface area contributed by atoms with E-state index in [1.165, 1.54) is 20.8 Å². The van der Waals surface area contributed by atoms with E-state index in [9.17, 15) is 10.2 Å². The molecule has 0 unspecified atom stereocenters. The van der Waals surface area contributed by atoms with Crippen LogP contribution in [0.2, 0.25) is 5.02 Å². The maximum Gasteiger partial charge on any atom is 0.235 e. The van der Waals surface area contributed by atoms with E-state index in [0.717, 1.165) is 36.4 Å². The van der Waals surface area contributed by atoms with Crippen molar-refractivity contribution in [3.05, 3.63) is 45.6 Å². The number of aromatic hydroxyl groups is 1. The van der Waals surface area contributed by atoms with Gasteiger partial charge >= 0.3 is 0 Å². The average Bonchev–Trinajstić information content (AvgIpc) is 3.09. The van der Waals surface area contributed by atoms with Crippen molar-refractivity contribution in [2.75, 3.05) is 13.1 Å². The molecule has 25 heavy (non-hydrogen) atoms. The van der Waals surface area contributed by atoms with Crippen LogP contribution in [-0.2, 0) is 0 Å². The summed E-state index contributed by atoms with van der Waals surface area (Å²) < 4.78 is 1.50. The number of fused-ring (bicyclic) bond motifs is 1. The van der Waals surface area contributed by atoms with E-state index in [1.54, 1.807) is 0 Å². The van der Waals surface area contributed by atoms with Gasteiger partial charge in [0.1, 0.15) is 10.7 Å². The van der Waals surface area contributed by atoms with Crippen molar-refractivity contribution in [2.24, 2.45) is 0 Å². The predicted octanol–water partition coefficient (Wildman–Crippen LogP) is 1.59. The maximum atomic E-state index is 10.8. The fourth-order valence-corrected chi connectivity index (χ4v) is 4.98. The number of halogens is 1. The van der Waals surface area contributed by atoms with Crippen molar-refractivity contribution in [3.63, 3.8) is 0 Å². The molecule has 4 rings (SSSR count). The van der Waals surface area contributed by atoms with E-state index >= 15 is 0 Å². The topological polar surface area (TPSA) is 75.1 Å². The Kier molecular flexibility index (Phi) is 4.41. The van der Waals surface area contributed by atoms with Crippen LogP contribution in [-0.4, -0.2) is 44.0 Å². The summed E-state index contributed by atoms with van der Waals surface area (Å²) in [6.45, 7) is 3.45. The van der Waals surface area contributed by atoms with Gasteiger partial charge in [0.15, 0.2) is 6.04 Å². The van der Waals surface area contributed by atoms with Crippen molar-refractivity contribution in [3.8, 4) is 5.88 Å². The smallest absolute Gasteiger partial charge is 0.235 e. The molecule has 1 fully saturated rings. The molecule has 0 bridgehead atoms. The van der Waals surface area contributed by atoms with Gasteiger partial charge in [-0.25, -0.2) is 4.98 Å². The molecule has 3 heterocycles. The molecular weight excluding hydrogens is 360 g/mol. The first-order chi connectivity index (χ1) is 12.0. The van der Waals surface area contributed by atoms with Crippen LogP contribution >= 0.6 is 22.9 Å². The lowest BCUT2D eigenvalue weighted by atomic mass is 9.99. The van der Waals surface area contributed by atoms with Crippen molar-refractivity contribution in [2.45, 2.75) is 31.9 Å². The van der Waals surface area contributed by atoms with E-state index in [2.05, 4.69) is 10.1 Å². The molecule has 1 aromatic carbocycles. The number of aromatic nitrogens is 3. The molecule has 0 amide bonds. The third kappa shape index (κ3) is 3.01. The van der Waals surface area contributed by atoms with Gasteiger partial charge in [-0.05, 0) is 13.0 Å². The van der Waals surface area contributed by atoms with Crippen molar-refractivity contribution < 1.29 is 15.1 Å². The minimum atomic E-state index is -0.241. The first-order valence-corrected chi connectivity index (χ1v) is 9.56. The summed E-state index contributed by atoms with van der Waals surface area (Å²) in [6, 6.07) is 7.65. The normalized spacial score (nSPS) is 22.4. The summed E-state index contributed by atoms with van der Waals surface area (Å²) >= 11 is 7.94. The van der Waals surface area contributed by atoms with E-state index in [4.69, 9.17) is 11.6 Å². The number of aryl methyl sites for hydroxylation is 1. The summed E-state index contributed by atoms with van der Waals surface area (Å²) in [5, 5.41) is 25.6. The zero-order valence-corrected chi connectivity index (χ0v) is 15.4. The number of likely N-dealkylation sites (tertiary alicyclic amines) is 1. The molecule has 1 aliphatic heterocycles. The molecule has 3 aromatic rings. The molecule has 0 aliphatic carbocycles. The summed E-state index contributed by atoms with van der Waals surface area (Å²) in [5.41, 5.74) is 0.979. The number of hydrogen-bond donors (Lipinski definition) is 3. The summed E-state index contributed by atoms with van der Waals surface area (Å²) in [6.07, 6.45) is 1.25. The number of aliphatic hydroxyl groups is 1. The minimum absolute atomic E-state index is 0.102. The lowest BCUT2D eigenvalue weighted by molar-refractivity contribution is -0.931.